The maximum absolute atomic E-state index is 13.3. The van der Waals surface area contributed by atoms with E-state index >= 15 is 0 Å². The third-order valence-electron chi connectivity index (χ3n) is 4.47. The number of nitrogens with zero attached hydrogens (tertiary/aromatic N) is 2. The predicted molar refractivity (Wildman–Crippen MR) is 107 cm³/mol. The quantitative estimate of drug-likeness (QED) is 0.712. The molecule has 2 aromatic carbocycles. The van der Waals surface area contributed by atoms with Crippen LogP contribution in [0.3, 0.4) is 0 Å². The van der Waals surface area contributed by atoms with Gasteiger partial charge in [0.2, 0.25) is 5.91 Å². The number of carbonyl (C=O) groups excluding carboxylic acids is 2. The highest BCUT2D eigenvalue weighted by atomic mass is 79.9. The fraction of sp³-hybridized carbons (Fsp3) is 0.250. The summed E-state index contributed by atoms with van der Waals surface area (Å²) in [6.07, 6.45) is 0. The number of methoxy groups -OCH3 is 1. The number of anilines is 1. The Morgan fingerprint density at radius 1 is 1.21 bits per heavy atom. The number of amides is 1. The van der Waals surface area contributed by atoms with Crippen LogP contribution in [0.5, 0.6) is 0 Å². The van der Waals surface area contributed by atoms with E-state index < -0.39 is 11.4 Å². The molecule has 0 aromatic heterocycles. The van der Waals surface area contributed by atoms with Gasteiger partial charge in [0.25, 0.3) is 0 Å². The lowest BCUT2D eigenvalue weighted by molar-refractivity contribution is -0.148. The van der Waals surface area contributed by atoms with Crippen LogP contribution in [0, 0.1) is 11.2 Å². The fourth-order valence-corrected chi connectivity index (χ4v) is 3.35. The fourth-order valence-electron chi connectivity index (χ4n) is 3.09. The summed E-state index contributed by atoms with van der Waals surface area (Å²) in [5, 5.41) is 8.77. The number of esters is 1. The molecule has 1 heterocycles. The third-order valence-corrected chi connectivity index (χ3v) is 5.00. The third kappa shape index (κ3) is 4.22. The minimum Gasteiger partial charge on any atom is -0.468 e. The number of hydrogen-bond acceptors (Lipinski definition) is 5. The lowest BCUT2D eigenvalue weighted by atomic mass is 9.82. The summed E-state index contributed by atoms with van der Waals surface area (Å²) in [5.74, 6) is -1.11. The molecule has 8 heteroatoms. The Kier molecular flexibility index (Phi) is 5.79. The summed E-state index contributed by atoms with van der Waals surface area (Å²) in [7, 11) is 1.30. The van der Waals surface area contributed by atoms with Gasteiger partial charge in [-0.05, 0) is 48.9 Å². The van der Waals surface area contributed by atoms with Crippen molar-refractivity contribution in [1.82, 2.24) is 5.01 Å². The molecule has 0 bridgehead atoms. The van der Waals surface area contributed by atoms with E-state index in [0.717, 1.165) is 4.47 Å². The lowest BCUT2D eigenvalue weighted by Gasteiger charge is -2.23. The first-order chi connectivity index (χ1) is 13.3. The molecule has 0 saturated carbocycles. The predicted octanol–water partition coefficient (Wildman–Crippen LogP) is 3.43. The molecule has 0 saturated heterocycles. The Morgan fingerprint density at radius 3 is 2.46 bits per heavy atom. The van der Waals surface area contributed by atoms with Crippen molar-refractivity contribution >= 4 is 39.2 Å². The molecule has 0 aliphatic carbocycles. The molecule has 1 amide bonds. The van der Waals surface area contributed by atoms with Gasteiger partial charge in [0.05, 0.1) is 19.4 Å². The second-order valence-corrected chi connectivity index (χ2v) is 7.57. The molecule has 1 N–H and O–H groups in total. The van der Waals surface area contributed by atoms with Gasteiger partial charge in [0.15, 0.2) is 0 Å². The van der Waals surface area contributed by atoms with Gasteiger partial charge < -0.3 is 10.1 Å². The van der Waals surface area contributed by atoms with Crippen molar-refractivity contribution in [2.75, 3.05) is 25.5 Å². The van der Waals surface area contributed by atoms with Gasteiger partial charge in [0, 0.05) is 10.2 Å². The minimum atomic E-state index is -1.07. The summed E-state index contributed by atoms with van der Waals surface area (Å²) >= 11 is 3.34. The molecule has 2 aromatic rings. The van der Waals surface area contributed by atoms with Crippen LogP contribution in [-0.4, -0.2) is 42.8 Å². The second kappa shape index (κ2) is 8.10. The first-order valence-electron chi connectivity index (χ1n) is 8.55. The molecule has 28 heavy (non-hydrogen) atoms. The number of rotatable bonds is 5. The lowest BCUT2D eigenvalue weighted by Crippen LogP contribution is -2.41. The summed E-state index contributed by atoms with van der Waals surface area (Å²) in [6.45, 7) is 1.85. The Hall–Kier alpha value is -2.74. The largest absolute Gasteiger partial charge is 0.468 e. The van der Waals surface area contributed by atoms with Crippen molar-refractivity contribution in [2.24, 2.45) is 10.5 Å². The molecule has 1 unspecified atom stereocenters. The van der Waals surface area contributed by atoms with Crippen molar-refractivity contribution in [3.63, 3.8) is 0 Å². The monoisotopic (exact) mass is 447 g/mol. The van der Waals surface area contributed by atoms with Gasteiger partial charge in [-0.2, -0.15) is 5.10 Å². The van der Waals surface area contributed by atoms with Gasteiger partial charge in [-0.15, -0.1) is 0 Å². The topological polar surface area (TPSA) is 71.0 Å². The molecular weight excluding hydrogens is 429 g/mol. The normalized spacial score (nSPS) is 18.6. The van der Waals surface area contributed by atoms with Crippen LogP contribution in [0.4, 0.5) is 10.1 Å². The van der Waals surface area contributed by atoms with Crippen molar-refractivity contribution < 1.29 is 18.7 Å². The number of nitrogens with one attached hydrogen (secondary N) is 1. The Morgan fingerprint density at radius 2 is 1.86 bits per heavy atom. The summed E-state index contributed by atoms with van der Waals surface area (Å²) in [4.78, 5) is 24.8. The zero-order valence-electron chi connectivity index (χ0n) is 15.4. The zero-order valence-corrected chi connectivity index (χ0v) is 17.0. The van der Waals surface area contributed by atoms with Gasteiger partial charge in [-0.25, -0.2) is 4.39 Å². The average Bonchev–Trinajstić information content (AvgIpc) is 3.00. The molecule has 1 atom stereocenters. The van der Waals surface area contributed by atoms with Crippen LogP contribution in [0.25, 0.3) is 0 Å². The molecule has 6 nitrogen and oxygen atoms in total. The second-order valence-electron chi connectivity index (χ2n) is 6.66. The standard InChI is InChI=1S/C20H19BrFN3O3/c1-20(19(27)28-2)12-25(24-18(20)13-3-7-15(22)8-4-13)11-17(26)23-16-9-5-14(21)6-10-16/h3-10H,11-12H2,1-2H3,(H,23,26). The van der Waals surface area contributed by atoms with E-state index in [-0.39, 0.29) is 24.8 Å². The Balaban J connectivity index is 1.79. The van der Waals surface area contributed by atoms with E-state index in [1.807, 2.05) is 12.1 Å². The van der Waals surface area contributed by atoms with Crippen molar-refractivity contribution in [2.45, 2.75) is 6.92 Å². The number of halogens is 2. The number of hydrogen-bond donors (Lipinski definition) is 1. The van der Waals surface area contributed by atoms with E-state index in [9.17, 15) is 14.0 Å². The van der Waals surface area contributed by atoms with Crippen molar-refractivity contribution in [3.8, 4) is 0 Å². The maximum atomic E-state index is 13.3. The highest BCUT2D eigenvalue weighted by Gasteiger charge is 2.47. The van der Waals surface area contributed by atoms with Crippen LogP contribution in [-0.2, 0) is 14.3 Å². The highest BCUT2D eigenvalue weighted by molar-refractivity contribution is 9.10. The Bertz CT molecular complexity index is 915. The van der Waals surface area contributed by atoms with Crippen molar-refractivity contribution in [3.05, 3.63) is 64.4 Å². The number of carbonyl (C=O) groups is 2. The van der Waals surface area contributed by atoms with Crippen LogP contribution in [0.2, 0.25) is 0 Å². The molecule has 0 radical (unpaired) electrons. The van der Waals surface area contributed by atoms with Crippen molar-refractivity contribution in [1.29, 1.82) is 0 Å². The molecule has 1 aliphatic rings. The minimum absolute atomic E-state index is 0.0344. The van der Waals surface area contributed by atoms with E-state index in [1.165, 1.54) is 24.3 Å². The smallest absolute Gasteiger partial charge is 0.319 e. The highest BCUT2D eigenvalue weighted by Crippen LogP contribution is 2.32. The zero-order chi connectivity index (χ0) is 20.3. The maximum Gasteiger partial charge on any atom is 0.319 e. The molecule has 146 valence electrons. The van der Waals surface area contributed by atoms with Gasteiger partial charge in [-0.1, -0.05) is 28.1 Å². The SMILES string of the molecule is COC(=O)C1(C)CN(CC(=O)Nc2ccc(Br)cc2)N=C1c1ccc(F)cc1. The van der Waals surface area contributed by atoms with E-state index in [1.54, 1.807) is 31.2 Å². The Labute approximate surface area is 170 Å². The van der Waals surface area contributed by atoms with Crippen LogP contribution >= 0.6 is 15.9 Å². The molecule has 1 aliphatic heterocycles. The van der Waals surface area contributed by atoms with Gasteiger partial charge in [-0.3, -0.25) is 14.6 Å². The number of ether oxygens (including phenoxy) is 1. The van der Waals surface area contributed by atoms with Crippen LogP contribution in [0.1, 0.15) is 12.5 Å². The summed E-state index contributed by atoms with van der Waals surface area (Å²) in [5.41, 5.74) is 0.636. The first kappa shape index (κ1) is 20.0. The molecule has 0 fully saturated rings. The summed E-state index contributed by atoms with van der Waals surface area (Å²) in [6, 6.07) is 12.9. The molecular formula is C20H19BrFN3O3. The van der Waals surface area contributed by atoms with Gasteiger partial charge in [0.1, 0.15) is 17.8 Å². The van der Waals surface area contributed by atoms with Crippen LogP contribution < -0.4 is 5.32 Å². The number of hydrazone groups is 1. The van der Waals surface area contributed by atoms with E-state index in [2.05, 4.69) is 26.3 Å². The number of benzene rings is 2. The first-order valence-corrected chi connectivity index (χ1v) is 9.35. The molecule has 0 spiro atoms. The van der Waals surface area contributed by atoms with Gasteiger partial charge >= 0.3 is 5.97 Å². The summed E-state index contributed by atoms with van der Waals surface area (Å²) < 4.78 is 19.1. The van der Waals surface area contributed by atoms with Crippen LogP contribution in [0.15, 0.2) is 58.1 Å². The molecule has 3 rings (SSSR count). The van der Waals surface area contributed by atoms with E-state index in [4.69, 9.17) is 4.74 Å². The van der Waals surface area contributed by atoms with E-state index in [0.29, 0.717) is 17.0 Å². The average molecular weight is 448 g/mol.